The van der Waals surface area contributed by atoms with Gasteiger partial charge in [-0.3, -0.25) is 14.3 Å². The van der Waals surface area contributed by atoms with E-state index < -0.39 is 10.8 Å². The molecule has 0 saturated carbocycles. The van der Waals surface area contributed by atoms with E-state index in [0.717, 1.165) is 11.3 Å². The van der Waals surface area contributed by atoms with Gasteiger partial charge in [-0.15, -0.1) is 11.8 Å². The quantitative estimate of drug-likeness (QED) is 0.825. The maximum Gasteiger partial charge on any atom is 0.260 e. The highest BCUT2D eigenvalue weighted by atomic mass is 32.2. The van der Waals surface area contributed by atoms with Crippen molar-refractivity contribution >= 4 is 29.4 Å². The van der Waals surface area contributed by atoms with E-state index in [9.17, 15) is 9.59 Å². The number of amides is 2. The molecular formula is C20H24N4O4S. The Kier molecular flexibility index (Phi) is 4.53. The summed E-state index contributed by atoms with van der Waals surface area (Å²) in [6.07, 6.45) is 0. The summed E-state index contributed by atoms with van der Waals surface area (Å²) in [6.45, 7) is 5.88. The number of hydrogen-bond donors (Lipinski definition) is 1. The lowest BCUT2D eigenvalue weighted by Gasteiger charge is -2.29. The van der Waals surface area contributed by atoms with E-state index in [1.807, 2.05) is 33.9 Å². The number of fused-ring (bicyclic) bond motifs is 3. The number of carbonyl (C=O) groups excluding carboxylic acids is 2. The van der Waals surface area contributed by atoms with Gasteiger partial charge in [0.25, 0.3) is 5.91 Å². The number of aryl methyl sites for hydroxylation is 2. The highest BCUT2D eigenvalue weighted by molar-refractivity contribution is 8.01. The number of benzene rings is 1. The van der Waals surface area contributed by atoms with Crippen molar-refractivity contribution in [3.05, 3.63) is 35.0 Å². The van der Waals surface area contributed by atoms with Crippen LogP contribution in [0.4, 0.5) is 5.82 Å². The summed E-state index contributed by atoms with van der Waals surface area (Å²) < 4.78 is 12.0. The summed E-state index contributed by atoms with van der Waals surface area (Å²) in [6, 6.07) is 4.82. The number of nitrogens with zero attached hydrogens (tertiary/aromatic N) is 3. The number of thioether (sulfide) groups is 1. The standard InChI is InChI=1S/C20H24N4O4S/c1-10-9-13(22-23(10)4)21-17(25)16-20(2,3)29-19-11-7-8-12(27-5)15(28-6)14(11)18(26)24(16)19/h7-9,16,19H,1-6H3,(H,21,22,25)/t16-,19+/m0/s1. The lowest BCUT2D eigenvalue weighted by molar-refractivity contribution is -0.121. The van der Waals surface area contributed by atoms with E-state index in [0.29, 0.717) is 22.9 Å². The molecule has 1 saturated heterocycles. The van der Waals surface area contributed by atoms with Gasteiger partial charge in [0.05, 0.1) is 19.8 Å². The van der Waals surface area contributed by atoms with E-state index in [1.54, 1.807) is 33.5 Å². The molecular weight excluding hydrogens is 392 g/mol. The predicted octanol–water partition coefficient (Wildman–Crippen LogP) is 2.73. The molecule has 0 unspecified atom stereocenters. The first-order valence-corrected chi connectivity index (χ1v) is 10.1. The van der Waals surface area contributed by atoms with Crippen LogP contribution in [0, 0.1) is 6.92 Å². The van der Waals surface area contributed by atoms with Gasteiger partial charge in [0.15, 0.2) is 17.3 Å². The molecule has 1 aromatic carbocycles. The molecule has 0 aliphatic carbocycles. The molecule has 1 fully saturated rings. The van der Waals surface area contributed by atoms with E-state index in [-0.39, 0.29) is 17.2 Å². The molecule has 0 bridgehead atoms. The van der Waals surface area contributed by atoms with Crippen LogP contribution in [-0.4, -0.2) is 51.5 Å². The monoisotopic (exact) mass is 416 g/mol. The van der Waals surface area contributed by atoms with Crippen LogP contribution < -0.4 is 14.8 Å². The van der Waals surface area contributed by atoms with Crippen molar-refractivity contribution in [2.75, 3.05) is 19.5 Å². The van der Waals surface area contributed by atoms with E-state index in [4.69, 9.17) is 9.47 Å². The van der Waals surface area contributed by atoms with Crippen molar-refractivity contribution in [1.29, 1.82) is 0 Å². The average molecular weight is 417 g/mol. The second kappa shape index (κ2) is 6.69. The van der Waals surface area contributed by atoms with Crippen molar-refractivity contribution in [1.82, 2.24) is 14.7 Å². The Bertz CT molecular complexity index is 997. The number of carbonyl (C=O) groups is 2. The first-order chi connectivity index (χ1) is 13.7. The number of hydrogen-bond acceptors (Lipinski definition) is 6. The lowest BCUT2D eigenvalue weighted by Crippen LogP contribution is -2.50. The normalized spacial score (nSPS) is 21.7. The minimum Gasteiger partial charge on any atom is -0.493 e. The molecule has 0 radical (unpaired) electrons. The molecule has 9 heteroatoms. The number of ether oxygens (including phenoxy) is 2. The summed E-state index contributed by atoms with van der Waals surface area (Å²) in [7, 11) is 4.87. The fourth-order valence-electron chi connectivity index (χ4n) is 4.07. The summed E-state index contributed by atoms with van der Waals surface area (Å²) in [5, 5.41) is 6.92. The number of methoxy groups -OCH3 is 2. The molecule has 154 valence electrons. The van der Waals surface area contributed by atoms with Gasteiger partial charge in [0, 0.05) is 29.1 Å². The zero-order valence-corrected chi connectivity index (χ0v) is 18.1. The fourth-order valence-corrected chi connectivity index (χ4v) is 5.65. The molecule has 8 nitrogen and oxygen atoms in total. The topological polar surface area (TPSA) is 85.7 Å². The third-order valence-corrected chi connectivity index (χ3v) is 7.05. The van der Waals surface area contributed by atoms with Gasteiger partial charge >= 0.3 is 0 Å². The maximum atomic E-state index is 13.4. The van der Waals surface area contributed by atoms with Crippen molar-refractivity contribution in [3.8, 4) is 11.5 Å². The van der Waals surface area contributed by atoms with E-state index in [2.05, 4.69) is 10.4 Å². The van der Waals surface area contributed by atoms with Crippen LogP contribution in [0.3, 0.4) is 0 Å². The van der Waals surface area contributed by atoms with E-state index >= 15 is 0 Å². The summed E-state index contributed by atoms with van der Waals surface area (Å²) in [4.78, 5) is 28.3. The number of nitrogens with one attached hydrogen (secondary N) is 1. The van der Waals surface area contributed by atoms with Crippen LogP contribution in [0.25, 0.3) is 0 Å². The van der Waals surface area contributed by atoms with Gasteiger partial charge in [-0.2, -0.15) is 5.10 Å². The number of rotatable bonds is 4. The van der Waals surface area contributed by atoms with Gasteiger partial charge in [0.2, 0.25) is 5.91 Å². The predicted molar refractivity (Wildman–Crippen MR) is 110 cm³/mol. The molecule has 2 atom stereocenters. The van der Waals surface area contributed by atoms with Crippen LogP contribution in [0.2, 0.25) is 0 Å². The molecule has 0 spiro atoms. The Morgan fingerprint density at radius 2 is 2.00 bits per heavy atom. The first-order valence-electron chi connectivity index (χ1n) is 9.26. The van der Waals surface area contributed by atoms with Crippen LogP contribution >= 0.6 is 11.8 Å². The number of anilines is 1. The molecule has 1 N–H and O–H groups in total. The Morgan fingerprint density at radius 1 is 1.28 bits per heavy atom. The van der Waals surface area contributed by atoms with Crippen LogP contribution in [0.15, 0.2) is 18.2 Å². The van der Waals surface area contributed by atoms with Crippen molar-refractivity contribution in [3.63, 3.8) is 0 Å². The maximum absolute atomic E-state index is 13.4. The largest absolute Gasteiger partial charge is 0.493 e. The summed E-state index contributed by atoms with van der Waals surface area (Å²) >= 11 is 1.60. The third kappa shape index (κ3) is 2.87. The van der Waals surface area contributed by atoms with Crippen LogP contribution in [-0.2, 0) is 11.8 Å². The average Bonchev–Trinajstić information content (AvgIpc) is 3.22. The Labute approximate surface area is 173 Å². The van der Waals surface area contributed by atoms with Crippen molar-refractivity contribution in [2.24, 2.45) is 7.05 Å². The SMILES string of the molecule is COc1ccc2c(c1OC)C(=O)N1[C@@H]2SC(C)(C)[C@@H]1C(=O)Nc1cc(C)n(C)n1. The molecule has 2 aromatic rings. The highest BCUT2D eigenvalue weighted by Gasteiger charge is 2.58. The van der Waals surface area contributed by atoms with Crippen LogP contribution in [0.5, 0.6) is 11.5 Å². The molecule has 2 aliphatic heterocycles. The summed E-state index contributed by atoms with van der Waals surface area (Å²) in [5.41, 5.74) is 2.24. The second-order valence-electron chi connectivity index (χ2n) is 7.74. The molecule has 29 heavy (non-hydrogen) atoms. The molecule has 2 amide bonds. The molecule has 1 aromatic heterocycles. The van der Waals surface area contributed by atoms with Gasteiger partial charge in [-0.05, 0) is 26.8 Å². The fraction of sp³-hybridized carbons (Fsp3) is 0.450. The second-order valence-corrected chi connectivity index (χ2v) is 9.47. The Morgan fingerprint density at radius 3 is 2.59 bits per heavy atom. The Hall–Kier alpha value is -2.68. The van der Waals surface area contributed by atoms with Gasteiger partial charge in [-0.25, -0.2) is 0 Å². The van der Waals surface area contributed by atoms with Crippen LogP contribution in [0.1, 0.15) is 40.8 Å². The number of aromatic nitrogens is 2. The van der Waals surface area contributed by atoms with Gasteiger partial charge in [0.1, 0.15) is 11.4 Å². The Balaban J connectivity index is 1.72. The molecule has 3 heterocycles. The minimum absolute atomic E-state index is 0.226. The summed E-state index contributed by atoms with van der Waals surface area (Å²) in [5.74, 6) is 0.895. The zero-order valence-electron chi connectivity index (χ0n) is 17.3. The first kappa shape index (κ1) is 19.6. The van der Waals surface area contributed by atoms with Crippen molar-refractivity contribution in [2.45, 2.75) is 36.9 Å². The van der Waals surface area contributed by atoms with Gasteiger partial charge < -0.3 is 19.7 Å². The highest BCUT2D eigenvalue weighted by Crippen LogP contribution is 2.58. The minimum atomic E-state index is -0.657. The molecule has 2 aliphatic rings. The smallest absolute Gasteiger partial charge is 0.260 e. The lowest BCUT2D eigenvalue weighted by atomic mass is 10.0. The molecule has 4 rings (SSSR count). The third-order valence-electron chi connectivity index (χ3n) is 5.51. The van der Waals surface area contributed by atoms with E-state index in [1.165, 1.54) is 14.2 Å². The van der Waals surface area contributed by atoms with Gasteiger partial charge in [-0.1, -0.05) is 6.07 Å². The zero-order chi connectivity index (χ0) is 21.1. The van der Waals surface area contributed by atoms with Crippen molar-refractivity contribution < 1.29 is 19.1 Å².